The predicted octanol–water partition coefficient (Wildman–Crippen LogP) is 2.33. The van der Waals surface area contributed by atoms with Crippen LogP contribution in [0, 0.1) is 11.9 Å². The Bertz CT molecular complexity index is 227. The monoisotopic (exact) mass is 171 g/mol. The van der Waals surface area contributed by atoms with Gasteiger partial charge in [0.15, 0.2) is 0 Å². The van der Waals surface area contributed by atoms with E-state index in [1.165, 1.54) is 12.1 Å². The second-order valence-corrected chi connectivity index (χ2v) is 2.74. The molecule has 1 radical (unpaired) electrons. The van der Waals surface area contributed by atoms with Gasteiger partial charge >= 0.3 is 0 Å². The maximum absolute atomic E-state index is 12.5. The number of hydrogen-bond acceptors (Lipinski definition) is 2. The topological polar surface area (TPSA) is 9.23 Å². The fourth-order valence-corrected chi connectivity index (χ4v) is 0.889. The molecule has 1 aromatic rings. The van der Waals surface area contributed by atoms with Crippen molar-refractivity contribution in [3.8, 4) is 5.75 Å². The van der Waals surface area contributed by atoms with Crippen LogP contribution in [-0.2, 0) is 0 Å². The third kappa shape index (κ3) is 2.80. The van der Waals surface area contributed by atoms with Gasteiger partial charge in [-0.3, -0.25) is 0 Å². The molecule has 59 valence electrons. The zero-order valence-electron chi connectivity index (χ0n) is 6.13. The first kappa shape index (κ1) is 8.40. The number of halogens is 1. The van der Waals surface area contributed by atoms with Crippen molar-refractivity contribution in [3.63, 3.8) is 0 Å². The quantitative estimate of drug-likeness (QED) is 0.645. The highest BCUT2D eigenvalue weighted by atomic mass is 32.2. The summed E-state index contributed by atoms with van der Waals surface area (Å²) in [5, 5.41) is 0. The van der Waals surface area contributed by atoms with Crippen LogP contribution >= 0.6 is 11.8 Å². The first-order valence-corrected chi connectivity index (χ1v) is 4.51. The Morgan fingerprint density at radius 3 is 3.18 bits per heavy atom. The summed E-state index contributed by atoms with van der Waals surface area (Å²) in [6, 6.07) is 6.90. The van der Waals surface area contributed by atoms with Gasteiger partial charge < -0.3 is 4.74 Å². The van der Waals surface area contributed by atoms with Gasteiger partial charge in [0.25, 0.3) is 0 Å². The van der Waals surface area contributed by atoms with Crippen molar-refractivity contribution in [3.05, 3.63) is 30.1 Å². The highest BCUT2D eigenvalue weighted by molar-refractivity contribution is 7.98. The molecule has 11 heavy (non-hydrogen) atoms. The zero-order valence-corrected chi connectivity index (χ0v) is 6.95. The second-order valence-electron chi connectivity index (χ2n) is 1.92. The summed E-state index contributed by atoms with van der Waals surface area (Å²) < 4.78 is 17.6. The van der Waals surface area contributed by atoms with E-state index >= 15 is 0 Å². The van der Waals surface area contributed by atoms with Gasteiger partial charge in [0, 0.05) is 12.1 Å². The fourth-order valence-electron chi connectivity index (χ4n) is 0.635. The summed E-state index contributed by atoms with van der Waals surface area (Å²) >= 11 is 1.55. The molecule has 0 amide bonds. The van der Waals surface area contributed by atoms with Gasteiger partial charge in [-0.1, -0.05) is 0 Å². The van der Waals surface area contributed by atoms with Gasteiger partial charge in [-0.05, 0) is 18.4 Å². The van der Waals surface area contributed by atoms with Gasteiger partial charge in [0.05, 0.1) is 0 Å². The first-order chi connectivity index (χ1) is 5.33. The lowest BCUT2D eigenvalue weighted by atomic mass is 10.3. The van der Waals surface area contributed by atoms with E-state index in [0.29, 0.717) is 11.7 Å². The maximum atomic E-state index is 12.5. The molecule has 1 nitrogen and oxygen atoms in total. The minimum Gasteiger partial charge on any atom is -0.483 e. The summed E-state index contributed by atoms with van der Waals surface area (Å²) in [4.78, 5) is 0. The van der Waals surface area contributed by atoms with Crippen LogP contribution in [0.2, 0.25) is 0 Å². The van der Waals surface area contributed by atoms with E-state index < -0.39 is 0 Å². The second kappa shape index (κ2) is 4.23. The van der Waals surface area contributed by atoms with Crippen molar-refractivity contribution in [2.75, 3.05) is 12.2 Å². The predicted molar refractivity (Wildman–Crippen MR) is 44.2 cm³/mol. The van der Waals surface area contributed by atoms with E-state index in [9.17, 15) is 4.39 Å². The molecule has 3 heteroatoms. The molecule has 0 saturated carbocycles. The Hall–Kier alpha value is -0.700. The number of rotatable bonds is 3. The van der Waals surface area contributed by atoms with E-state index in [1.807, 2.05) is 6.26 Å². The number of hydrogen-bond donors (Lipinski definition) is 0. The Kier molecular flexibility index (Phi) is 3.23. The largest absolute Gasteiger partial charge is 0.483 e. The van der Waals surface area contributed by atoms with Crippen molar-refractivity contribution in [1.29, 1.82) is 0 Å². The van der Waals surface area contributed by atoms with Crippen LogP contribution in [0.15, 0.2) is 18.2 Å². The third-order valence-corrected chi connectivity index (χ3v) is 1.43. The van der Waals surface area contributed by atoms with Crippen LogP contribution in [0.4, 0.5) is 4.39 Å². The van der Waals surface area contributed by atoms with E-state index in [-0.39, 0.29) is 5.82 Å². The molecule has 1 aromatic carbocycles. The molecule has 0 bridgehead atoms. The molecule has 0 aliphatic heterocycles. The molecule has 0 atom stereocenters. The Morgan fingerprint density at radius 1 is 1.73 bits per heavy atom. The maximum Gasteiger partial charge on any atom is 0.134 e. The van der Waals surface area contributed by atoms with Crippen molar-refractivity contribution in [2.45, 2.75) is 0 Å². The molecule has 0 aromatic heterocycles. The van der Waals surface area contributed by atoms with Crippen LogP contribution in [-0.4, -0.2) is 12.2 Å². The van der Waals surface area contributed by atoms with E-state index in [2.05, 4.69) is 6.07 Å². The molecular weight excluding hydrogens is 163 g/mol. The Balaban J connectivity index is 2.56. The summed E-state index contributed by atoms with van der Waals surface area (Å²) in [7, 11) is 0. The third-order valence-electron chi connectivity index (χ3n) is 1.08. The van der Waals surface area contributed by atoms with Crippen LogP contribution in [0.3, 0.4) is 0 Å². The lowest BCUT2D eigenvalue weighted by Crippen LogP contribution is -1.91. The van der Waals surface area contributed by atoms with Crippen LogP contribution in [0.5, 0.6) is 5.75 Å². The van der Waals surface area contributed by atoms with Gasteiger partial charge in [-0.2, -0.15) is 0 Å². The SMILES string of the molecule is CSCOc1cc[c]c(F)c1. The van der Waals surface area contributed by atoms with E-state index in [4.69, 9.17) is 4.74 Å². The number of ether oxygens (including phenoxy) is 1. The molecule has 0 N–H and O–H groups in total. The van der Waals surface area contributed by atoms with E-state index in [1.54, 1.807) is 17.8 Å². The van der Waals surface area contributed by atoms with Crippen molar-refractivity contribution >= 4 is 11.8 Å². The summed E-state index contributed by atoms with van der Waals surface area (Å²) in [5.41, 5.74) is 0. The van der Waals surface area contributed by atoms with Crippen molar-refractivity contribution in [2.24, 2.45) is 0 Å². The highest BCUT2D eigenvalue weighted by Crippen LogP contribution is 2.12. The average molecular weight is 171 g/mol. The molecule has 0 spiro atoms. The van der Waals surface area contributed by atoms with Gasteiger partial charge in [-0.25, -0.2) is 4.39 Å². The van der Waals surface area contributed by atoms with E-state index in [0.717, 1.165) is 0 Å². The van der Waals surface area contributed by atoms with Crippen molar-refractivity contribution in [1.82, 2.24) is 0 Å². The van der Waals surface area contributed by atoms with Gasteiger partial charge in [0.2, 0.25) is 0 Å². The summed E-state index contributed by atoms with van der Waals surface area (Å²) in [5.74, 6) is 0.711. The van der Waals surface area contributed by atoms with Crippen LogP contribution in [0.1, 0.15) is 0 Å². The van der Waals surface area contributed by atoms with Gasteiger partial charge in [-0.15, -0.1) is 11.8 Å². The smallest absolute Gasteiger partial charge is 0.134 e. The Labute approximate surface area is 69.6 Å². The molecule has 0 unspecified atom stereocenters. The molecule has 0 heterocycles. The van der Waals surface area contributed by atoms with Gasteiger partial charge in [0.1, 0.15) is 17.5 Å². The van der Waals surface area contributed by atoms with Crippen LogP contribution < -0.4 is 4.74 Å². The number of thioether (sulfide) groups is 1. The number of benzene rings is 1. The normalized spacial score (nSPS) is 9.64. The molecule has 0 saturated heterocycles. The average Bonchev–Trinajstić information content (AvgIpc) is 2.01. The summed E-state index contributed by atoms with van der Waals surface area (Å²) in [6.45, 7) is 0. The lowest BCUT2D eigenvalue weighted by Gasteiger charge is -2.02. The molecular formula is C8H8FOS. The first-order valence-electron chi connectivity index (χ1n) is 3.12. The standard InChI is InChI=1S/C8H8FOS/c1-11-6-10-8-4-2-3-7(9)5-8/h2,4-5H,6H2,1H3. The van der Waals surface area contributed by atoms with Crippen LogP contribution in [0.25, 0.3) is 0 Å². The van der Waals surface area contributed by atoms with Crippen molar-refractivity contribution < 1.29 is 9.13 Å². The lowest BCUT2D eigenvalue weighted by molar-refractivity contribution is 0.390. The Morgan fingerprint density at radius 2 is 2.55 bits per heavy atom. The fraction of sp³-hybridized carbons (Fsp3) is 0.250. The molecule has 0 aliphatic rings. The zero-order chi connectivity index (χ0) is 8.10. The molecule has 1 rings (SSSR count). The molecule has 0 aliphatic carbocycles. The minimum absolute atomic E-state index is 0.386. The molecule has 0 fully saturated rings. The summed E-state index contributed by atoms with van der Waals surface area (Å²) in [6.07, 6.45) is 1.92. The highest BCUT2D eigenvalue weighted by Gasteiger charge is 1.93. The minimum atomic E-state index is -0.386.